The van der Waals surface area contributed by atoms with Gasteiger partial charge in [0.25, 0.3) is 0 Å². The van der Waals surface area contributed by atoms with Crippen molar-refractivity contribution in [2.24, 2.45) is 17.8 Å². The molecule has 182 valence electrons. The highest BCUT2D eigenvalue weighted by molar-refractivity contribution is 7.14. The van der Waals surface area contributed by atoms with Crippen LogP contribution in [0.3, 0.4) is 0 Å². The standard InChI is InChI=1S/C27H29N3O4S/c1-17(2)19-8-6-7-13-30(26(33)22(19)14-25(31)32)27-29-23(16-35-27)21-10-5-4-9-20(21)18-11-12-24(34-3)28-15-18/h4-7,9-12,15-17,19,22H,8,13-14H2,1-3H3,(H,31,32)/b7-6-/t19-,22+/m1/s1. The van der Waals surface area contributed by atoms with Crippen LogP contribution in [0.25, 0.3) is 22.4 Å². The summed E-state index contributed by atoms with van der Waals surface area (Å²) < 4.78 is 5.17. The van der Waals surface area contributed by atoms with Crippen molar-refractivity contribution >= 4 is 28.3 Å². The summed E-state index contributed by atoms with van der Waals surface area (Å²) in [5.74, 6) is -1.04. The van der Waals surface area contributed by atoms with Crippen molar-refractivity contribution in [3.63, 3.8) is 0 Å². The summed E-state index contributed by atoms with van der Waals surface area (Å²) in [7, 11) is 1.58. The predicted molar refractivity (Wildman–Crippen MR) is 138 cm³/mol. The van der Waals surface area contributed by atoms with E-state index in [9.17, 15) is 14.7 Å². The number of hydrogen-bond donors (Lipinski definition) is 1. The second kappa shape index (κ2) is 10.8. The molecule has 0 saturated heterocycles. The summed E-state index contributed by atoms with van der Waals surface area (Å²) >= 11 is 1.39. The van der Waals surface area contributed by atoms with Crippen LogP contribution in [0, 0.1) is 17.8 Å². The first kappa shape index (κ1) is 24.6. The number of aliphatic carboxylic acids is 1. The van der Waals surface area contributed by atoms with E-state index in [2.05, 4.69) is 11.1 Å². The molecule has 1 aliphatic heterocycles. The number of carboxylic acids is 1. The van der Waals surface area contributed by atoms with E-state index < -0.39 is 11.9 Å². The minimum absolute atomic E-state index is 0.0413. The molecule has 1 aromatic carbocycles. The molecule has 1 N–H and O–H groups in total. The SMILES string of the molecule is COc1ccc(-c2ccccc2-c2csc(N3C/C=C\C[C@H](C(C)C)[C@H](CC(=O)O)C3=O)n2)cn1. The number of allylic oxidation sites excluding steroid dienone is 1. The van der Waals surface area contributed by atoms with Crippen LogP contribution >= 0.6 is 11.3 Å². The van der Waals surface area contributed by atoms with Crippen molar-refractivity contribution in [1.82, 2.24) is 9.97 Å². The number of amides is 1. The first-order valence-corrected chi connectivity index (χ1v) is 12.5. The minimum atomic E-state index is -0.958. The summed E-state index contributed by atoms with van der Waals surface area (Å²) in [6.07, 6.45) is 6.31. The molecule has 3 heterocycles. The minimum Gasteiger partial charge on any atom is -0.481 e. The van der Waals surface area contributed by atoms with Crippen molar-refractivity contribution in [3.05, 3.63) is 60.1 Å². The molecule has 2 atom stereocenters. The summed E-state index contributed by atoms with van der Waals surface area (Å²) in [5, 5.41) is 12.0. The molecule has 0 radical (unpaired) electrons. The Morgan fingerprint density at radius 1 is 1.20 bits per heavy atom. The molecule has 2 aromatic heterocycles. The third-order valence-electron chi connectivity index (χ3n) is 6.40. The number of pyridine rings is 1. The van der Waals surface area contributed by atoms with E-state index in [0.717, 1.165) is 22.4 Å². The van der Waals surface area contributed by atoms with Gasteiger partial charge in [-0.15, -0.1) is 11.3 Å². The lowest BCUT2D eigenvalue weighted by Crippen LogP contribution is -2.42. The molecule has 1 amide bonds. The summed E-state index contributed by atoms with van der Waals surface area (Å²) in [5.41, 5.74) is 3.59. The van der Waals surface area contributed by atoms with E-state index in [4.69, 9.17) is 9.72 Å². The molecule has 0 saturated carbocycles. The Morgan fingerprint density at radius 3 is 2.63 bits per heavy atom. The molecule has 4 rings (SSSR count). The molecule has 1 aliphatic rings. The van der Waals surface area contributed by atoms with Gasteiger partial charge in [-0.3, -0.25) is 14.5 Å². The van der Waals surface area contributed by atoms with E-state index in [-0.39, 0.29) is 24.2 Å². The Bertz CT molecular complexity index is 1220. The van der Waals surface area contributed by atoms with Crippen molar-refractivity contribution in [2.75, 3.05) is 18.6 Å². The topological polar surface area (TPSA) is 92.6 Å². The van der Waals surface area contributed by atoms with Gasteiger partial charge in [0.1, 0.15) is 0 Å². The number of carboxylic acid groups (broad SMARTS) is 1. The zero-order valence-corrected chi connectivity index (χ0v) is 20.9. The number of anilines is 1. The molecule has 0 fully saturated rings. The second-order valence-electron chi connectivity index (χ2n) is 8.92. The third kappa shape index (κ3) is 5.43. The molecule has 0 unspecified atom stereocenters. The van der Waals surface area contributed by atoms with Crippen LogP contribution in [-0.2, 0) is 9.59 Å². The van der Waals surface area contributed by atoms with Crippen molar-refractivity contribution in [2.45, 2.75) is 26.7 Å². The van der Waals surface area contributed by atoms with Crippen LogP contribution in [0.2, 0.25) is 0 Å². The fourth-order valence-electron chi connectivity index (χ4n) is 4.54. The Morgan fingerprint density at radius 2 is 1.97 bits per heavy atom. The van der Waals surface area contributed by atoms with E-state index in [1.165, 1.54) is 11.3 Å². The van der Waals surface area contributed by atoms with Crippen LogP contribution in [0.4, 0.5) is 5.13 Å². The van der Waals surface area contributed by atoms with Gasteiger partial charge in [0.15, 0.2) is 5.13 Å². The Kier molecular flexibility index (Phi) is 7.60. The van der Waals surface area contributed by atoms with Gasteiger partial charge < -0.3 is 9.84 Å². The summed E-state index contributed by atoms with van der Waals surface area (Å²) in [4.78, 5) is 36.0. The number of aromatic nitrogens is 2. The van der Waals surface area contributed by atoms with E-state index in [0.29, 0.717) is 24.0 Å². The van der Waals surface area contributed by atoms with E-state index >= 15 is 0 Å². The number of benzene rings is 1. The lowest BCUT2D eigenvalue weighted by atomic mass is 9.78. The lowest BCUT2D eigenvalue weighted by molar-refractivity contribution is -0.142. The number of thiazole rings is 1. The normalized spacial score (nSPS) is 19.3. The maximum absolute atomic E-state index is 13.6. The van der Waals surface area contributed by atoms with Crippen molar-refractivity contribution in [3.8, 4) is 28.3 Å². The van der Waals surface area contributed by atoms with Gasteiger partial charge in [-0.1, -0.05) is 50.3 Å². The maximum Gasteiger partial charge on any atom is 0.304 e. The monoisotopic (exact) mass is 491 g/mol. The zero-order chi connectivity index (χ0) is 24.9. The number of hydrogen-bond acceptors (Lipinski definition) is 6. The lowest BCUT2D eigenvalue weighted by Gasteiger charge is -2.33. The highest BCUT2D eigenvalue weighted by Gasteiger charge is 2.36. The molecule has 0 bridgehead atoms. The first-order valence-electron chi connectivity index (χ1n) is 11.6. The van der Waals surface area contributed by atoms with E-state index in [1.54, 1.807) is 18.2 Å². The molecule has 8 heteroatoms. The van der Waals surface area contributed by atoms with Crippen LogP contribution in [-0.4, -0.2) is 40.6 Å². The third-order valence-corrected chi connectivity index (χ3v) is 7.26. The number of rotatable bonds is 7. The number of carbonyl (C=O) groups is 2. The van der Waals surface area contributed by atoms with Crippen molar-refractivity contribution < 1.29 is 19.4 Å². The van der Waals surface area contributed by atoms with Gasteiger partial charge in [0.05, 0.1) is 25.1 Å². The number of methoxy groups -OCH3 is 1. The predicted octanol–water partition coefficient (Wildman–Crippen LogP) is 5.54. The molecular formula is C27H29N3O4S. The summed E-state index contributed by atoms with van der Waals surface area (Å²) in [6, 6.07) is 11.7. The highest BCUT2D eigenvalue weighted by Crippen LogP contribution is 2.37. The van der Waals surface area contributed by atoms with Gasteiger partial charge in [0, 0.05) is 35.3 Å². The van der Waals surface area contributed by atoms with Gasteiger partial charge in [-0.05, 0) is 29.9 Å². The quantitative estimate of drug-likeness (QED) is 0.437. The highest BCUT2D eigenvalue weighted by atomic mass is 32.1. The van der Waals surface area contributed by atoms with Crippen LogP contribution < -0.4 is 9.64 Å². The van der Waals surface area contributed by atoms with Gasteiger partial charge >= 0.3 is 5.97 Å². The summed E-state index contributed by atoms with van der Waals surface area (Å²) in [6.45, 7) is 4.45. The fraction of sp³-hybridized carbons (Fsp3) is 0.333. The average molecular weight is 492 g/mol. The zero-order valence-electron chi connectivity index (χ0n) is 20.0. The fourth-order valence-corrected chi connectivity index (χ4v) is 5.38. The van der Waals surface area contributed by atoms with Gasteiger partial charge in [0.2, 0.25) is 11.8 Å². The van der Waals surface area contributed by atoms with Crippen LogP contribution in [0.15, 0.2) is 60.1 Å². The Hall–Kier alpha value is -3.52. The first-order chi connectivity index (χ1) is 16.9. The van der Waals surface area contributed by atoms with Crippen LogP contribution in [0.5, 0.6) is 5.88 Å². The van der Waals surface area contributed by atoms with Gasteiger partial charge in [-0.2, -0.15) is 0 Å². The van der Waals surface area contributed by atoms with Crippen LogP contribution in [0.1, 0.15) is 26.7 Å². The molecular weight excluding hydrogens is 462 g/mol. The second-order valence-corrected chi connectivity index (χ2v) is 9.75. The molecule has 7 nitrogen and oxygen atoms in total. The number of carbonyl (C=O) groups excluding carboxylic acids is 1. The largest absolute Gasteiger partial charge is 0.481 e. The average Bonchev–Trinajstić information content (AvgIpc) is 3.33. The Labute approximate surface area is 209 Å². The number of nitrogens with zero attached hydrogens (tertiary/aromatic N) is 3. The molecule has 0 spiro atoms. The molecule has 35 heavy (non-hydrogen) atoms. The van der Waals surface area contributed by atoms with Gasteiger partial charge in [-0.25, -0.2) is 9.97 Å². The van der Waals surface area contributed by atoms with E-state index in [1.807, 2.05) is 61.7 Å². The van der Waals surface area contributed by atoms with Crippen molar-refractivity contribution in [1.29, 1.82) is 0 Å². The number of ether oxygens (including phenoxy) is 1. The molecule has 0 aliphatic carbocycles. The Balaban J connectivity index is 1.68. The maximum atomic E-state index is 13.6. The molecule has 3 aromatic rings. The smallest absolute Gasteiger partial charge is 0.304 e.